The van der Waals surface area contributed by atoms with E-state index in [1.54, 1.807) is 24.3 Å². The molecule has 0 spiro atoms. The molecule has 0 aliphatic rings. The molecular formula is C18H19NO3. The first-order valence-corrected chi connectivity index (χ1v) is 7.18. The molecule has 0 aromatic heterocycles. The Balaban J connectivity index is 1.71. The molecule has 2 aromatic rings. The first-order valence-electron chi connectivity index (χ1n) is 7.18. The predicted octanol–water partition coefficient (Wildman–Crippen LogP) is 2.55. The average molecular weight is 297 g/mol. The van der Waals surface area contributed by atoms with Gasteiger partial charge in [-0.1, -0.05) is 24.3 Å². The Labute approximate surface area is 130 Å². The van der Waals surface area contributed by atoms with Crippen molar-refractivity contribution >= 4 is 12.2 Å². The van der Waals surface area contributed by atoms with Gasteiger partial charge in [-0.25, -0.2) is 0 Å². The molecule has 2 rings (SSSR count). The summed E-state index contributed by atoms with van der Waals surface area (Å²) >= 11 is 0. The van der Waals surface area contributed by atoms with Gasteiger partial charge in [0, 0.05) is 12.1 Å². The SMILES string of the molecule is Cc1ccccc1CCNC(=O)COc1ccc(C=O)cc1. The maximum Gasteiger partial charge on any atom is 0.257 e. The van der Waals surface area contributed by atoms with Gasteiger partial charge in [-0.05, 0) is 48.7 Å². The quantitative estimate of drug-likeness (QED) is 0.799. The van der Waals surface area contributed by atoms with Crippen molar-refractivity contribution in [3.8, 4) is 5.75 Å². The molecule has 0 aliphatic heterocycles. The first-order chi connectivity index (χ1) is 10.7. The van der Waals surface area contributed by atoms with E-state index >= 15 is 0 Å². The summed E-state index contributed by atoms with van der Waals surface area (Å²) in [6, 6.07) is 14.8. The third kappa shape index (κ3) is 4.74. The Kier molecular flexibility index (Phi) is 5.72. The number of nitrogens with one attached hydrogen (secondary N) is 1. The molecule has 0 heterocycles. The number of carbonyl (C=O) groups excluding carboxylic acids is 2. The Bertz CT molecular complexity index is 635. The number of rotatable bonds is 7. The van der Waals surface area contributed by atoms with Crippen LogP contribution in [-0.4, -0.2) is 25.3 Å². The molecule has 0 atom stereocenters. The Hall–Kier alpha value is -2.62. The Morgan fingerprint density at radius 2 is 1.86 bits per heavy atom. The van der Waals surface area contributed by atoms with E-state index in [0.29, 0.717) is 17.9 Å². The lowest BCUT2D eigenvalue weighted by Gasteiger charge is -2.09. The van der Waals surface area contributed by atoms with Crippen molar-refractivity contribution in [1.82, 2.24) is 5.32 Å². The van der Waals surface area contributed by atoms with Crippen LogP contribution in [0.5, 0.6) is 5.75 Å². The van der Waals surface area contributed by atoms with Crippen molar-refractivity contribution in [1.29, 1.82) is 0 Å². The second kappa shape index (κ2) is 7.98. The summed E-state index contributed by atoms with van der Waals surface area (Å²) in [6.45, 7) is 2.61. The molecule has 0 fully saturated rings. The number of aldehydes is 1. The first kappa shape index (κ1) is 15.8. The fraction of sp³-hybridized carbons (Fsp3) is 0.222. The minimum atomic E-state index is -0.159. The number of hydrogen-bond donors (Lipinski definition) is 1. The van der Waals surface area contributed by atoms with Crippen LogP contribution in [0.1, 0.15) is 21.5 Å². The fourth-order valence-electron chi connectivity index (χ4n) is 2.07. The van der Waals surface area contributed by atoms with Crippen molar-refractivity contribution in [2.45, 2.75) is 13.3 Å². The van der Waals surface area contributed by atoms with Gasteiger partial charge in [0.2, 0.25) is 0 Å². The summed E-state index contributed by atoms with van der Waals surface area (Å²) in [5.74, 6) is 0.410. The molecule has 0 aliphatic carbocycles. The van der Waals surface area contributed by atoms with Crippen LogP contribution in [0.25, 0.3) is 0 Å². The number of amides is 1. The van der Waals surface area contributed by atoms with Crippen molar-refractivity contribution in [2.24, 2.45) is 0 Å². The lowest BCUT2D eigenvalue weighted by atomic mass is 10.1. The largest absolute Gasteiger partial charge is 0.484 e. The zero-order chi connectivity index (χ0) is 15.8. The van der Waals surface area contributed by atoms with Gasteiger partial charge in [-0.15, -0.1) is 0 Å². The maximum atomic E-state index is 11.7. The topological polar surface area (TPSA) is 55.4 Å². The summed E-state index contributed by atoms with van der Waals surface area (Å²) in [5.41, 5.74) is 3.03. The summed E-state index contributed by atoms with van der Waals surface area (Å²) < 4.78 is 5.37. The van der Waals surface area contributed by atoms with Crippen LogP contribution in [0.2, 0.25) is 0 Å². The molecule has 22 heavy (non-hydrogen) atoms. The van der Waals surface area contributed by atoms with Gasteiger partial charge < -0.3 is 10.1 Å². The molecule has 0 radical (unpaired) electrons. The number of hydrogen-bond acceptors (Lipinski definition) is 3. The third-order valence-corrected chi connectivity index (χ3v) is 3.36. The number of aryl methyl sites for hydroxylation is 1. The van der Waals surface area contributed by atoms with Crippen molar-refractivity contribution in [3.05, 3.63) is 65.2 Å². The second-order valence-electron chi connectivity index (χ2n) is 5.00. The van der Waals surface area contributed by atoms with Gasteiger partial charge in [0.05, 0.1) is 0 Å². The van der Waals surface area contributed by atoms with Gasteiger partial charge in [0.15, 0.2) is 6.61 Å². The van der Waals surface area contributed by atoms with Gasteiger partial charge in [-0.3, -0.25) is 9.59 Å². The average Bonchev–Trinajstić information content (AvgIpc) is 2.55. The van der Waals surface area contributed by atoms with Crippen LogP contribution in [0, 0.1) is 6.92 Å². The van der Waals surface area contributed by atoms with E-state index in [9.17, 15) is 9.59 Å². The molecule has 2 aromatic carbocycles. The molecular weight excluding hydrogens is 278 g/mol. The number of benzene rings is 2. The standard InChI is InChI=1S/C18H19NO3/c1-14-4-2-3-5-16(14)10-11-19-18(21)13-22-17-8-6-15(12-20)7-9-17/h2-9,12H,10-11,13H2,1H3,(H,19,21). The molecule has 1 N–H and O–H groups in total. The van der Waals surface area contributed by atoms with Crippen LogP contribution in [-0.2, 0) is 11.2 Å². The predicted molar refractivity (Wildman–Crippen MR) is 85.2 cm³/mol. The third-order valence-electron chi connectivity index (χ3n) is 3.36. The van der Waals surface area contributed by atoms with Crippen LogP contribution < -0.4 is 10.1 Å². The molecule has 0 bridgehead atoms. The van der Waals surface area contributed by atoms with E-state index in [2.05, 4.69) is 24.4 Å². The smallest absolute Gasteiger partial charge is 0.257 e. The lowest BCUT2D eigenvalue weighted by molar-refractivity contribution is -0.123. The van der Waals surface area contributed by atoms with E-state index in [4.69, 9.17) is 4.74 Å². The monoisotopic (exact) mass is 297 g/mol. The molecule has 4 heteroatoms. The highest BCUT2D eigenvalue weighted by Crippen LogP contribution is 2.10. The zero-order valence-corrected chi connectivity index (χ0v) is 12.5. The van der Waals surface area contributed by atoms with Gasteiger partial charge >= 0.3 is 0 Å². The summed E-state index contributed by atoms with van der Waals surface area (Å²) in [7, 11) is 0. The molecule has 4 nitrogen and oxygen atoms in total. The highest BCUT2D eigenvalue weighted by atomic mass is 16.5. The molecule has 0 saturated heterocycles. The van der Waals surface area contributed by atoms with E-state index in [-0.39, 0.29) is 12.5 Å². The van der Waals surface area contributed by atoms with E-state index in [1.807, 2.05) is 12.1 Å². The summed E-state index contributed by atoms with van der Waals surface area (Å²) in [5, 5.41) is 2.83. The van der Waals surface area contributed by atoms with E-state index in [0.717, 1.165) is 12.7 Å². The molecule has 1 amide bonds. The highest BCUT2D eigenvalue weighted by molar-refractivity contribution is 5.77. The molecule has 0 unspecified atom stereocenters. The van der Waals surface area contributed by atoms with Gasteiger partial charge in [0.25, 0.3) is 5.91 Å². The Morgan fingerprint density at radius 1 is 1.14 bits per heavy atom. The van der Waals surface area contributed by atoms with E-state index in [1.165, 1.54) is 11.1 Å². The van der Waals surface area contributed by atoms with Crippen molar-refractivity contribution in [2.75, 3.05) is 13.2 Å². The molecule has 0 saturated carbocycles. The Morgan fingerprint density at radius 3 is 2.55 bits per heavy atom. The second-order valence-corrected chi connectivity index (χ2v) is 5.00. The summed E-state index contributed by atoms with van der Waals surface area (Å²) in [4.78, 5) is 22.3. The summed E-state index contributed by atoms with van der Waals surface area (Å²) in [6.07, 6.45) is 1.56. The highest BCUT2D eigenvalue weighted by Gasteiger charge is 2.03. The van der Waals surface area contributed by atoms with Crippen LogP contribution >= 0.6 is 0 Å². The minimum Gasteiger partial charge on any atom is -0.484 e. The minimum absolute atomic E-state index is 0.0335. The van der Waals surface area contributed by atoms with E-state index < -0.39 is 0 Å². The zero-order valence-electron chi connectivity index (χ0n) is 12.5. The van der Waals surface area contributed by atoms with Crippen LogP contribution in [0.15, 0.2) is 48.5 Å². The van der Waals surface area contributed by atoms with Crippen molar-refractivity contribution in [3.63, 3.8) is 0 Å². The van der Waals surface area contributed by atoms with Crippen LogP contribution in [0.4, 0.5) is 0 Å². The number of carbonyl (C=O) groups is 2. The van der Waals surface area contributed by atoms with Crippen LogP contribution in [0.3, 0.4) is 0 Å². The number of ether oxygens (including phenoxy) is 1. The maximum absolute atomic E-state index is 11.7. The molecule has 114 valence electrons. The fourth-order valence-corrected chi connectivity index (χ4v) is 2.07. The van der Waals surface area contributed by atoms with Crippen molar-refractivity contribution < 1.29 is 14.3 Å². The van der Waals surface area contributed by atoms with Gasteiger partial charge in [0.1, 0.15) is 12.0 Å². The lowest BCUT2D eigenvalue weighted by Crippen LogP contribution is -2.30. The van der Waals surface area contributed by atoms with Gasteiger partial charge in [-0.2, -0.15) is 0 Å². The normalized spacial score (nSPS) is 10.0.